The van der Waals surface area contributed by atoms with E-state index in [1.54, 1.807) is 11.6 Å². The Labute approximate surface area is 107 Å². The van der Waals surface area contributed by atoms with Gasteiger partial charge in [0, 0.05) is 11.6 Å². The number of carboxylic acid groups (broad SMARTS) is 1. The van der Waals surface area contributed by atoms with Crippen LogP contribution in [-0.2, 0) is 14.3 Å². The number of thiazole rings is 1. The summed E-state index contributed by atoms with van der Waals surface area (Å²) in [5, 5.41) is 14.1. The fourth-order valence-electron chi connectivity index (χ4n) is 2.80. The van der Waals surface area contributed by atoms with E-state index in [2.05, 4.69) is 10.3 Å². The number of nitrogens with one attached hydrogen (secondary N) is 1. The van der Waals surface area contributed by atoms with Crippen LogP contribution in [0, 0.1) is 11.8 Å². The Balaban J connectivity index is 1.78. The van der Waals surface area contributed by atoms with Crippen molar-refractivity contribution < 1.29 is 19.4 Å². The number of carboxylic acids is 1. The van der Waals surface area contributed by atoms with Crippen LogP contribution in [0.4, 0.5) is 5.13 Å². The highest BCUT2D eigenvalue weighted by molar-refractivity contribution is 7.13. The van der Waals surface area contributed by atoms with Crippen LogP contribution >= 0.6 is 11.3 Å². The Morgan fingerprint density at radius 3 is 2.72 bits per heavy atom. The van der Waals surface area contributed by atoms with E-state index in [0.29, 0.717) is 5.13 Å². The molecule has 4 atom stereocenters. The average Bonchev–Trinajstić information content (AvgIpc) is 3.03. The second kappa shape index (κ2) is 4.33. The second-order valence-corrected chi connectivity index (χ2v) is 5.40. The third-order valence-corrected chi connectivity index (χ3v) is 4.21. The van der Waals surface area contributed by atoms with Crippen LogP contribution in [0.2, 0.25) is 0 Å². The predicted octanol–water partition coefficient (Wildman–Crippen LogP) is 0.960. The van der Waals surface area contributed by atoms with Crippen molar-refractivity contribution in [2.24, 2.45) is 11.8 Å². The van der Waals surface area contributed by atoms with E-state index >= 15 is 0 Å². The van der Waals surface area contributed by atoms with E-state index < -0.39 is 17.8 Å². The molecule has 0 unspecified atom stereocenters. The SMILES string of the molecule is O=C(O)[C@H]1[C@H](C(=O)Nc2nccs2)[C@H]2CC[C@@H]1O2. The van der Waals surface area contributed by atoms with Crippen LogP contribution in [0.15, 0.2) is 11.6 Å². The fraction of sp³-hybridized carbons (Fsp3) is 0.545. The lowest BCUT2D eigenvalue weighted by molar-refractivity contribution is -0.147. The van der Waals surface area contributed by atoms with Crippen molar-refractivity contribution in [3.8, 4) is 0 Å². The molecular weight excluding hydrogens is 256 g/mol. The molecule has 1 aromatic heterocycles. The zero-order valence-corrected chi connectivity index (χ0v) is 10.2. The third-order valence-electron chi connectivity index (χ3n) is 3.52. The number of hydrogen-bond acceptors (Lipinski definition) is 5. The molecule has 0 aromatic carbocycles. The van der Waals surface area contributed by atoms with Gasteiger partial charge in [0.2, 0.25) is 5.91 Å². The van der Waals surface area contributed by atoms with Gasteiger partial charge in [0.25, 0.3) is 0 Å². The Hall–Kier alpha value is -1.47. The zero-order chi connectivity index (χ0) is 12.7. The number of nitrogens with zero attached hydrogens (tertiary/aromatic N) is 1. The van der Waals surface area contributed by atoms with E-state index in [1.807, 2.05) is 0 Å². The molecule has 0 saturated carbocycles. The Morgan fingerprint density at radius 2 is 2.11 bits per heavy atom. The first kappa shape index (κ1) is 11.6. The lowest BCUT2D eigenvalue weighted by Gasteiger charge is -2.23. The summed E-state index contributed by atoms with van der Waals surface area (Å²) in [5.74, 6) is -2.60. The van der Waals surface area contributed by atoms with Crippen molar-refractivity contribution >= 4 is 28.3 Å². The number of amides is 1. The molecule has 0 radical (unpaired) electrons. The molecule has 0 spiro atoms. The zero-order valence-electron chi connectivity index (χ0n) is 9.41. The Kier molecular flexibility index (Phi) is 2.79. The maximum absolute atomic E-state index is 12.1. The minimum absolute atomic E-state index is 0.268. The van der Waals surface area contributed by atoms with E-state index in [0.717, 1.165) is 12.8 Å². The van der Waals surface area contributed by atoms with Crippen LogP contribution < -0.4 is 5.32 Å². The summed E-state index contributed by atoms with van der Waals surface area (Å²) in [6.45, 7) is 0. The molecule has 7 heteroatoms. The molecule has 18 heavy (non-hydrogen) atoms. The molecule has 2 aliphatic rings. The molecule has 1 aromatic rings. The number of aromatic nitrogens is 1. The first-order valence-corrected chi connectivity index (χ1v) is 6.63. The van der Waals surface area contributed by atoms with Crippen LogP contribution in [0.25, 0.3) is 0 Å². The summed E-state index contributed by atoms with van der Waals surface area (Å²) < 4.78 is 5.54. The Bertz CT molecular complexity index is 475. The van der Waals surface area contributed by atoms with Crippen molar-refractivity contribution in [2.75, 3.05) is 5.32 Å². The van der Waals surface area contributed by atoms with Crippen molar-refractivity contribution in [1.82, 2.24) is 4.98 Å². The number of carbonyl (C=O) groups is 2. The molecule has 2 N–H and O–H groups in total. The van der Waals surface area contributed by atoms with Crippen molar-refractivity contribution in [1.29, 1.82) is 0 Å². The Morgan fingerprint density at radius 1 is 1.39 bits per heavy atom. The first-order chi connectivity index (χ1) is 8.66. The summed E-state index contributed by atoms with van der Waals surface area (Å²) in [7, 11) is 0. The van der Waals surface area contributed by atoms with E-state index in [1.165, 1.54) is 11.3 Å². The van der Waals surface area contributed by atoms with Gasteiger partial charge >= 0.3 is 5.97 Å². The van der Waals surface area contributed by atoms with Crippen molar-refractivity contribution in [3.63, 3.8) is 0 Å². The van der Waals surface area contributed by atoms with Gasteiger partial charge in [-0.1, -0.05) is 0 Å². The quantitative estimate of drug-likeness (QED) is 0.852. The molecule has 6 nitrogen and oxygen atoms in total. The number of rotatable bonds is 3. The molecule has 96 valence electrons. The minimum atomic E-state index is -0.957. The van der Waals surface area contributed by atoms with Gasteiger partial charge in [-0.05, 0) is 12.8 Å². The minimum Gasteiger partial charge on any atom is -0.481 e. The molecule has 2 bridgehead atoms. The van der Waals surface area contributed by atoms with Gasteiger partial charge in [-0.2, -0.15) is 0 Å². The summed E-state index contributed by atoms with van der Waals surface area (Å²) in [4.78, 5) is 27.3. The van der Waals surface area contributed by atoms with Gasteiger partial charge in [-0.25, -0.2) is 4.98 Å². The monoisotopic (exact) mass is 268 g/mol. The van der Waals surface area contributed by atoms with Gasteiger partial charge in [0.1, 0.15) is 0 Å². The molecular formula is C11H12N2O4S. The first-order valence-electron chi connectivity index (χ1n) is 5.75. The van der Waals surface area contributed by atoms with Gasteiger partial charge in [-0.15, -0.1) is 11.3 Å². The van der Waals surface area contributed by atoms with Crippen molar-refractivity contribution in [3.05, 3.63) is 11.6 Å². The van der Waals surface area contributed by atoms with E-state index in [-0.39, 0.29) is 18.1 Å². The van der Waals surface area contributed by atoms with Crippen LogP contribution in [-0.4, -0.2) is 34.2 Å². The standard InChI is InChI=1S/C11H12N2O4S/c14-9(13-11-12-3-4-18-11)7-5-1-2-6(17-5)8(7)10(15)16/h3-8H,1-2H2,(H,15,16)(H,12,13,14)/t5-,6+,7-,8-/m1/s1. The normalized spacial score (nSPS) is 33.6. The number of ether oxygens (including phenoxy) is 1. The molecule has 2 fully saturated rings. The van der Waals surface area contributed by atoms with Gasteiger partial charge in [0.15, 0.2) is 5.13 Å². The lowest BCUT2D eigenvalue weighted by atomic mass is 9.79. The topological polar surface area (TPSA) is 88.5 Å². The van der Waals surface area contributed by atoms with Gasteiger partial charge < -0.3 is 15.2 Å². The number of carbonyl (C=O) groups excluding carboxylic acids is 1. The van der Waals surface area contributed by atoms with Gasteiger partial charge in [-0.3, -0.25) is 9.59 Å². The second-order valence-electron chi connectivity index (χ2n) is 4.51. The van der Waals surface area contributed by atoms with E-state index in [4.69, 9.17) is 4.74 Å². The largest absolute Gasteiger partial charge is 0.481 e. The summed E-state index contributed by atoms with van der Waals surface area (Å²) in [6, 6.07) is 0. The van der Waals surface area contributed by atoms with E-state index in [9.17, 15) is 14.7 Å². The maximum atomic E-state index is 12.1. The highest BCUT2D eigenvalue weighted by Gasteiger charge is 2.55. The smallest absolute Gasteiger partial charge is 0.310 e. The number of hydrogen-bond donors (Lipinski definition) is 2. The third kappa shape index (κ3) is 1.79. The summed E-state index contributed by atoms with van der Waals surface area (Å²) in [5.41, 5.74) is 0. The highest BCUT2D eigenvalue weighted by Crippen LogP contribution is 2.44. The molecule has 1 amide bonds. The maximum Gasteiger partial charge on any atom is 0.310 e. The summed E-state index contributed by atoms with van der Waals surface area (Å²) >= 11 is 1.31. The molecule has 3 heterocycles. The van der Waals surface area contributed by atoms with Crippen molar-refractivity contribution in [2.45, 2.75) is 25.0 Å². The molecule has 2 aliphatic heterocycles. The molecule has 2 saturated heterocycles. The predicted molar refractivity (Wildman–Crippen MR) is 63.3 cm³/mol. The van der Waals surface area contributed by atoms with Gasteiger partial charge in [0.05, 0.1) is 24.0 Å². The number of anilines is 1. The highest BCUT2D eigenvalue weighted by atomic mass is 32.1. The number of aliphatic carboxylic acids is 1. The lowest BCUT2D eigenvalue weighted by Crippen LogP contribution is -2.40. The molecule has 3 rings (SSSR count). The number of fused-ring (bicyclic) bond motifs is 2. The van der Waals surface area contributed by atoms with Crippen LogP contribution in [0.1, 0.15) is 12.8 Å². The van der Waals surface area contributed by atoms with Crippen LogP contribution in [0.5, 0.6) is 0 Å². The fourth-order valence-corrected chi connectivity index (χ4v) is 3.33. The summed E-state index contributed by atoms with van der Waals surface area (Å²) in [6.07, 6.45) is 2.48. The molecule has 0 aliphatic carbocycles. The average molecular weight is 268 g/mol. The van der Waals surface area contributed by atoms with Crippen LogP contribution in [0.3, 0.4) is 0 Å².